The van der Waals surface area contributed by atoms with Gasteiger partial charge >= 0.3 is 6.03 Å². The summed E-state index contributed by atoms with van der Waals surface area (Å²) < 4.78 is 11.9. The Kier molecular flexibility index (Phi) is 4.79. The standard InChI is InChI=1S/C19H22N4O6/c1-28-13-3-2-12-10-23(16(25)14(12)8-13)11-19(17(26)20-18(27)21-19)9-15(24)22-4-6-29-7-5-22/h2-3,8,10,25H,4-7,9,11H2,1H3,(H2,20,21,26,27). The van der Waals surface area contributed by atoms with Gasteiger partial charge in [-0.15, -0.1) is 0 Å². The van der Waals surface area contributed by atoms with Crippen LogP contribution in [0.3, 0.4) is 0 Å². The lowest BCUT2D eigenvalue weighted by atomic mass is 9.94. The zero-order valence-corrected chi connectivity index (χ0v) is 15.9. The lowest BCUT2D eigenvalue weighted by Crippen LogP contribution is -2.54. The number of methoxy groups -OCH3 is 1. The molecule has 0 spiro atoms. The average molecular weight is 402 g/mol. The van der Waals surface area contributed by atoms with Gasteiger partial charge in [-0.2, -0.15) is 0 Å². The van der Waals surface area contributed by atoms with E-state index in [4.69, 9.17) is 9.47 Å². The Morgan fingerprint density at radius 2 is 2.07 bits per heavy atom. The summed E-state index contributed by atoms with van der Waals surface area (Å²) >= 11 is 0. The molecule has 1 atom stereocenters. The highest BCUT2D eigenvalue weighted by atomic mass is 16.5. The molecule has 0 saturated carbocycles. The molecule has 2 fully saturated rings. The molecule has 0 bridgehead atoms. The highest BCUT2D eigenvalue weighted by Crippen LogP contribution is 2.32. The van der Waals surface area contributed by atoms with Crippen molar-refractivity contribution in [2.75, 3.05) is 33.4 Å². The smallest absolute Gasteiger partial charge is 0.322 e. The Bertz CT molecular complexity index is 980. The number of urea groups is 1. The van der Waals surface area contributed by atoms with Gasteiger partial charge in [0.25, 0.3) is 5.91 Å². The van der Waals surface area contributed by atoms with Crippen LogP contribution in [-0.4, -0.2) is 71.4 Å². The fraction of sp³-hybridized carbons (Fsp3) is 0.421. The Balaban J connectivity index is 1.65. The van der Waals surface area contributed by atoms with E-state index in [2.05, 4.69) is 10.6 Å². The van der Waals surface area contributed by atoms with Gasteiger partial charge in [-0.25, -0.2) is 4.79 Å². The molecule has 1 aromatic heterocycles. The van der Waals surface area contributed by atoms with Crippen LogP contribution in [0.4, 0.5) is 4.79 Å². The lowest BCUT2D eigenvalue weighted by Gasteiger charge is -2.32. The predicted octanol–water partition coefficient (Wildman–Crippen LogP) is 0.183. The number of fused-ring (bicyclic) bond motifs is 1. The number of morpholine rings is 1. The third-order valence-electron chi connectivity index (χ3n) is 5.34. The van der Waals surface area contributed by atoms with E-state index in [1.54, 1.807) is 29.3 Å². The number of hydrogen-bond acceptors (Lipinski definition) is 6. The summed E-state index contributed by atoms with van der Waals surface area (Å²) in [5, 5.41) is 16.8. The van der Waals surface area contributed by atoms with Gasteiger partial charge in [0, 0.05) is 30.1 Å². The summed E-state index contributed by atoms with van der Waals surface area (Å²) in [6, 6.07) is 4.56. The van der Waals surface area contributed by atoms with Gasteiger partial charge in [-0.05, 0) is 18.2 Å². The molecule has 2 aromatic rings. The second-order valence-electron chi connectivity index (χ2n) is 7.19. The van der Waals surface area contributed by atoms with Crippen LogP contribution in [0.1, 0.15) is 6.42 Å². The van der Waals surface area contributed by atoms with E-state index >= 15 is 0 Å². The molecule has 0 radical (unpaired) electrons. The molecule has 3 heterocycles. The molecule has 2 aliphatic rings. The van der Waals surface area contributed by atoms with Crippen LogP contribution in [0, 0.1) is 0 Å². The molecule has 0 aliphatic carbocycles. The first-order valence-electron chi connectivity index (χ1n) is 9.27. The maximum atomic E-state index is 12.8. The Hall–Kier alpha value is -3.27. The second-order valence-corrected chi connectivity index (χ2v) is 7.19. The minimum Gasteiger partial charge on any atom is -0.497 e. The minimum atomic E-state index is -1.50. The molecule has 10 heteroatoms. The molecule has 3 N–H and O–H groups in total. The third-order valence-corrected chi connectivity index (χ3v) is 5.34. The van der Waals surface area contributed by atoms with Crippen molar-refractivity contribution in [1.29, 1.82) is 0 Å². The fourth-order valence-electron chi connectivity index (χ4n) is 3.77. The largest absolute Gasteiger partial charge is 0.497 e. The Morgan fingerprint density at radius 1 is 1.31 bits per heavy atom. The van der Waals surface area contributed by atoms with Gasteiger partial charge < -0.3 is 29.4 Å². The summed E-state index contributed by atoms with van der Waals surface area (Å²) in [7, 11) is 1.53. The number of carbonyl (C=O) groups excluding carboxylic acids is 3. The first kappa shape index (κ1) is 19.1. The van der Waals surface area contributed by atoms with Gasteiger partial charge in [-0.1, -0.05) is 0 Å². The number of nitrogens with zero attached hydrogens (tertiary/aromatic N) is 2. The van der Waals surface area contributed by atoms with E-state index in [0.29, 0.717) is 37.4 Å². The number of benzene rings is 1. The quantitative estimate of drug-likeness (QED) is 0.614. The van der Waals surface area contributed by atoms with Crippen molar-refractivity contribution in [2.45, 2.75) is 18.5 Å². The van der Waals surface area contributed by atoms with Crippen LogP contribution >= 0.6 is 0 Å². The summed E-state index contributed by atoms with van der Waals surface area (Å²) in [5.74, 6) is -0.358. The number of aromatic nitrogens is 1. The van der Waals surface area contributed by atoms with Crippen molar-refractivity contribution in [3.8, 4) is 11.6 Å². The molecular formula is C19H22N4O6. The van der Waals surface area contributed by atoms with Crippen LogP contribution in [0.5, 0.6) is 11.6 Å². The molecule has 4 rings (SSSR count). The van der Waals surface area contributed by atoms with Gasteiger partial charge in [-0.3, -0.25) is 14.9 Å². The van der Waals surface area contributed by atoms with E-state index in [-0.39, 0.29) is 24.8 Å². The summed E-state index contributed by atoms with van der Waals surface area (Å²) in [5.41, 5.74) is -1.50. The normalized spacial score (nSPS) is 21.9. The second kappa shape index (κ2) is 7.28. The Morgan fingerprint density at radius 3 is 2.72 bits per heavy atom. The molecule has 1 unspecified atom stereocenters. The van der Waals surface area contributed by atoms with Crippen molar-refractivity contribution in [1.82, 2.24) is 20.1 Å². The highest BCUT2D eigenvalue weighted by molar-refractivity contribution is 6.08. The van der Waals surface area contributed by atoms with Crippen LogP contribution in [0.15, 0.2) is 24.4 Å². The van der Waals surface area contributed by atoms with Gasteiger partial charge in [0.15, 0.2) is 5.88 Å². The molecular weight excluding hydrogens is 380 g/mol. The number of nitrogens with one attached hydrogen (secondary N) is 2. The maximum absolute atomic E-state index is 12.8. The van der Waals surface area contributed by atoms with Crippen LogP contribution < -0.4 is 15.4 Å². The first-order valence-corrected chi connectivity index (χ1v) is 9.27. The van der Waals surface area contributed by atoms with Crippen LogP contribution in [0.2, 0.25) is 0 Å². The number of carbonyl (C=O) groups is 3. The number of hydrogen-bond donors (Lipinski definition) is 3. The van der Waals surface area contributed by atoms with E-state index in [0.717, 1.165) is 5.39 Å². The van der Waals surface area contributed by atoms with Crippen molar-refractivity contribution < 1.29 is 29.0 Å². The number of amides is 4. The topological polar surface area (TPSA) is 122 Å². The van der Waals surface area contributed by atoms with Crippen LogP contribution in [0.25, 0.3) is 10.8 Å². The fourth-order valence-corrected chi connectivity index (χ4v) is 3.77. The first-order chi connectivity index (χ1) is 13.9. The number of imide groups is 1. The van der Waals surface area contributed by atoms with E-state index in [1.807, 2.05) is 0 Å². The van der Waals surface area contributed by atoms with Gasteiger partial charge in [0.2, 0.25) is 5.91 Å². The molecule has 154 valence electrons. The van der Waals surface area contributed by atoms with Crippen molar-refractivity contribution in [3.05, 3.63) is 24.4 Å². The molecule has 29 heavy (non-hydrogen) atoms. The predicted molar refractivity (Wildman–Crippen MR) is 102 cm³/mol. The van der Waals surface area contributed by atoms with E-state index in [1.165, 1.54) is 11.7 Å². The van der Waals surface area contributed by atoms with Crippen LogP contribution in [-0.2, 0) is 20.9 Å². The highest BCUT2D eigenvalue weighted by Gasteiger charge is 2.49. The lowest BCUT2D eigenvalue weighted by molar-refractivity contribution is -0.140. The maximum Gasteiger partial charge on any atom is 0.322 e. The molecule has 2 aliphatic heterocycles. The number of rotatable bonds is 5. The summed E-state index contributed by atoms with van der Waals surface area (Å²) in [6.45, 7) is 1.64. The minimum absolute atomic E-state index is 0.0777. The number of ether oxygens (including phenoxy) is 2. The zero-order valence-electron chi connectivity index (χ0n) is 15.9. The third kappa shape index (κ3) is 3.46. The molecule has 2 saturated heterocycles. The Labute approximate surface area is 166 Å². The van der Waals surface area contributed by atoms with Crippen molar-refractivity contribution in [3.63, 3.8) is 0 Å². The van der Waals surface area contributed by atoms with E-state index in [9.17, 15) is 19.5 Å². The molecule has 1 aromatic carbocycles. The van der Waals surface area contributed by atoms with Gasteiger partial charge in [0.1, 0.15) is 11.3 Å². The van der Waals surface area contributed by atoms with Crippen molar-refractivity contribution >= 4 is 28.6 Å². The molecule has 10 nitrogen and oxygen atoms in total. The summed E-state index contributed by atoms with van der Waals surface area (Å²) in [4.78, 5) is 38.9. The molecule has 4 amide bonds. The van der Waals surface area contributed by atoms with Crippen molar-refractivity contribution in [2.24, 2.45) is 0 Å². The van der Waals surface area contributed by atoms with E-state index < -0.39 is 17.5 Å². The average Bonchev–Trinajstić information content (AvgIpc) is 3.17. The zero-order chi connectivity index (χ0) is 20.6. The van der Waals surface area contributed by atoms with Gasteiger partial charge in [0.05, 0.1) is 33.3 Å². The number of aromatic hydroxyl groups is 1. The monoisotopic (exact) mass is 402 g/mol. The summed E-state index contributed by atoms with van der Waals surface area (Å²) in [6.07, 6.45) is 1.45. The SMILES string of the molecule is COc1ccc2cn(CC3(CC(=O)N4CCOCC4)NC(=O)NC3=O)c(O)c2c1.